The minimum atomic E-state index is -0.625. The largest absolute Gasteiger partial charge is 0.388 e. The maximum absolute atomic E-state index is 10.2. The Hall–Kier alpha value is -1.06. The smallest absolute Gasteiger partial charge is 0.0814 e. The fourth-order valence-corrected chi connectivity index (χ4v) is 1.73. The maximum atomic E-state index is 10.2. The average molecular weight is 237 g/mol. The van der Waals surface area contributed by atoms with Gasteiger partial charge in [-0.25, -0.2) is 0 Å². The van der Waals surface area contributed by atoms with E-state index in [1.165, 1.54) is 0 Å². The van der Waals surface area contributed by atoms with Crippen LogP contribution in [0.15, 0.2) is 24.3 Å². The van der Waals surface area contributed by atoms with Crippen LogP contribution in [0.4, 0.5) is 5.69 Å². The summed E-state index contributed by atoms with van der Waals surface area (Å²) in [5, 5.41) is 13.5. The molecule has 0 amide bonds. The van der Waals surface area contributed by atoms with Crippen molar-refractivity contribution in [2.24, 2.45) is 0 Å². The predicted octanol–water partition coefficient (Wildman–Crippen LogP) is 2.80. The molecule has 1 aromatic carbocycles. The van der Waals surface area contributed by atoms with Crippen LogP contribution in [0.2, 0.25) is 0 Å². The molecule has 0 spiro atoms. The van der Waals surface area contributed by atoms with Crippen molar-refractivity contribution in [2.75, 3.05) is 19.0 Å². The number of methoxy groups -OCH3 is 1. The van der Waals surface area contributed by atoms with Crippen LogP contribution >= 0.6 is 0 Å². The fraction of sp³-hybridized carbons (Fsp3) is 0.571. The Labute approximate surface area is 104 Å². The van der Waals surface area contributed by atoms with Crippen molar-refractivity contribution >= 4 is 5.69 Å². The van der Waals surface area contributed by atoms with Gasteiger partial charge in [-0.1, -0.05) is 32.0 Å². The lowest BCUT2D eigenvalue weighted by molar-refractivity contribution is 0.0456. The fourth-order valence-electron chi connectivity index (χ4n) is 1.73. The second-order valence-electron chi connectivity index (χ2n) is 4.38. The van der Waals surface area contributed by atoms with Gasteiger partial charge in [-0.3, -0.25) is 0 Å². The molecule has 0 atom stereocenters. The quantitative estimate of drug-likeness (QED) is 0.766. The van der Waals surface area contributed by atoms with Crippen molar-refractivity contribution in [1.82, 2.24) is 0 Å². The van der Waals surface area contributed by atoms with Crippen LogP contribution in [-0.2, 0) is 11.3 Å². The molecular formula is C14H23NO2. The Morgan fingerprint density at radius 3 is 2.47 bits per heavy atom. The monoisotopic (exact) mass is 237 g/mol. The lowest BCUT2D eigenvalue weighted by atomic mass is 9.97. The first kappa shape index (κ1) is 14.0. The molecule has 0 aliphatic rings. The standard InChI is InChI=1S/C14H23NO2/c1-4-14(16,5-2)11-15-13-9-7-6-8-12(13)10-17-3/h6-9,15-16H,4-5,10-11H2,1-3H3. The van der Waals surface area contributed by atoms with E-state index in [2.05, 4.69) is 5.32 Å². The topological polar surface area (TPSA) is 41.5 Å². The van der Waals surface area contributed by atoms with Crippen LogP contribution in [0, 0.1) is 0 Å². The maximum Gasteiger partial charge on any atom is 0.0814 e. The molecular weight excluding hydrogens is 214 g/mol. The first-order valence-corrected chi connectivity index (χ1v) is 6.18. The summed E-state index contributed by atoms with van der Waals surface area (Å²) in [5.41, 5.74) is 1.53. The summed E-state index contributed by atoms with van der Waals surface area (Å²) >= 11 is 0. The van der Waals surface area contributed by atoms with Gasteiger partial charge < -0.3 is 15.2 Å². The van der Waals surface area contributed by atoms with E-state index in [1.54, 1.807) is 7.11 Å². The molecule has 1 aromatic rings. The van der Waals surface area contributed by atoms with Crippen molar-refractivity contribution in [3.63, 3.8) is 0 Å². The first-order valence-electron chi connectivity index (χ1n) is 6.18. The van der Waals surface area contributed by atoms with Gasteiger partial charge in [-0.2, -0.15) is 0 Å². The second-order valence-corrected chi connectivity index (χ2v) is 4.38. The molecule has 3 heteroatoms. The first-order chi connectivity index (χ1) is 8.15. The van der Waals surface area contributed by atoms with Crippen LogP contribution in [0.3, 0.4) is 0 Å². The van der Waals surface area contributed by atoms with E-state index in [0.29, 0.717) is 13.2 Å². The summed E-state index contributed by atoms with van der Waals surface area (Å²) in [7, 11) is 1.69. The summed E-state index contributed by atoms with van der Waals surface area (Å²) in [4.78, 5) is 0. The summed E-state index contributed by atoms with van der Waals surface area (Å²) < 4.78 is 5.15. The number of nitrogens with one attached hydrogen (secondary N) is 1. The van der Waals surface area contributed by atoms with E-state index in [0.717, 1.165) is 24.1 Å². The normalized spacial score (nSPS) is 11.5. The van der Waals surface area contributed by atoms with Gasteiger partial charge in [0, 0.05) is 24.9 Å². The van der Waals surface area contributed by atoms with E-state index in [-0.39, 0.29) is 0 Å². The molecule has 0 saturated heterocycles. The molecule has 3 nitrogen and oxygen atoms in total. The summed E-state index contributed by atoms with van der Waals surface area (Å²) in [5.74, 6) is 0. The van der Waals surface area contributed by atoms with E-state index >= 15 is 0 Å². The third-order valence-electron chi connectivity index (χ3n) is 3.24. The summed E-state index contributed by atoms with van der Waals surface area (Å²) in [6, 6.07) is 8.02. The van der Waals surface area contributed by atoms with Crippen molar-refractivity contribution in [1.29, 1.82) is 0 Å². The minimum absolute atomic E-state index is 0.570. The lowest BCUT2D eigenvalue weighted by Crippen LogP contribution is -2.35. The third-order valence-corrected chi connectivity index (χ3v) is 3.24. The Morgan fingerprint density at radius 2 is 1.88 bits per heavy atom. The molecule has 0 aliphatic heterocycles. The number of para-hydroxylation sites is 1. The van der Waals surface area contributed by atoms with Gasteiger partial charge in [-0.05, 0) is 18.9 Å². The highest BCUT2D eigenvalue weighted by Crippen LogP contribution is 2.19. The van der Waals surface area contributed by atoms with Crippen LogP contribution in [0.5, 0.6) is 0 Å². The molecule has 0 heterocycles. The number of benzene rings is 1. The SMILES string of the molecule is CCC(O)(CC)CNc1ccccc1COC. The van der Waals surface area contributed by atoms with Crippen molar-refractivity contribution in [3.8, 4) is 0 Å². The minimum Gasteiger partial charge on any atom is -0.388 e. The molecule has 0 saturated carbocycles. The highest BCUT2D eigenvalue weighted by molar-refractivity contribution is 5.51. The molecule has 0 bridgehead atoms. The zero-order valence-electron chi connectivity index (χ0n) is 11.0. The van der Waals surface area contributed by atoms with Gasteiger partial charge in [-0.15, -0.1) is 0 Å². The van der Waals surface area contributed by atoms with Gasteiger partial charge in [0.15, 0.2) is 0 Å². The number of rotatable bonds is 7. The molecule has 17 heavy (non-hydrogen) atoms. The zero-order valence-corrected chi connectivity index (χ0v) is 11.0. The van der Waals surface area contributed by atoms with Crippen LogP contribution < -0.4 is 5.32 Å². The number of anilines is 1. The second kappa shape index (κ2) is 6.62. The van der Waals surface area contributed by atoms with Gasteiger partial charge in [0.2, 0.25) is 0 Å². The van der Waals surface area contributed by atoms with Crippen LogP contribution in [-0.4, -0.2) is 24.4 Å². The Morgan fingerprint density at radius 1 is 1.24 bits per heavy atom. The molecule has 1 rings (SSSR count). The molecule has 96 valence electrons. The van der Waals surface area contributed by atoms with Gasteiger partial charge in [0.05, 0.1) is 12.2 Å². The highest BCUT2D eigenvalue weighted by atomic mass is 16.5. The average Bonchev–Trinajstić information content (AvgIpc) is 2.38. The Bertz CT molecular complexity index is 335. The van der Waals surface area contributed by atoms with Gasteiger partial charge >= 0.3 is 0 Å². The van der Waals surface area contributed by atoms with Crippen LogP contribution in [0.1, 0.15) is 32.3 Å². The molecule has 0 aliphatic carbocycles. The molecule has 0 fully saturated rings. The Balaban J connectivity index is 2.68. The molecule has 0 unspecified atom stereocenters. The lowest BCUT2D eigenvalue weighted by Gasteiger charge is -2.26. The zero-order chi connectivity index (χ0) is 12.7. The van der Waals surface area contributed by atoms with E-state index in [4.69, 9.17) is 4.74 Å². The molecule has 0 radical (unpaired) electrons. The van der Waals surface area contributed by atoms with E-state index in [1.807, 2.05) is 38.1 Å². The molecule has 2 N–H and O–H groups in total. The third kappa shape index (κ3) is 4.02. The van der Waals surface area contributed by atoms with E-state index in [9.17, 15) is 5.11 Å². The van der Waals surface area contributed by atoms with Gasteiger partial charge in [0.1, 0.15) is 0 Å². The number of aliphatic hydroxyl groups is 1. The van der Waals surface area contributed by atoms with Crippen molar-refractivity contribution in [3.05, 3.63) is 29.8 Å². The number of hydrogen-bond donors (Lipinski definition) is 2. The van der Waals surface area contributed by atoms with Crippen molar-refractivity contribution < 1.29 is 9.84 Å². The van der Waals surface area contributed by atoms with Crippen LogP contribution in [0.25, 0.3) is 0 Å². The summed E-state index contributed by atoms with van der Waals surface area (Å²) in [6.45, 7) is 5.17. The van der Waals surface area contributed by atoms with Gasteiger partial charge in [0.25, 0.3) is 0 Å². The number of ether oxygens (including phenoxy) is 1. The molecule has 0 aromatic heterocycles. The van der Waals surface area contributed by atoms with Crippen molar-refractivity contribution in [2.45, 2.75) is 38.9 Å². The Kier molecular flexibility index (Phi) is 5.45. The summed E-state index contributed by atoms with van der Waals surface area (Å²) in [6.07, 6.45) is 1.51. The predicted molar refractivity (Wildman–Crippen MR) is 71.2 cm³/mol. The highest BCUT2D eigenvalue weighted by Gasteiger charge is 2.21. The number of hydrogen-bond acceptors (Lipinski definition) is 3. The van der Waals surface area contributed by atoms with E-state index < -0.39 is 5.60 Å².